The molecule has 0 unspecified atom stereocenters. The number of nitrogens with zero attached hydrogens (tertiary/aromatic N) is 2. The van der Waals surface area contributed by atoms with Gasteiger partial charge in [-0.2, -0.15) is 13.2 Å². The van der Waals surface area contributed by atoms with E-state index in [1.165, 1.54) is 19.1 Å². The molecule has 0 aliphatic rings. The second kappa shape index (κ2) is 3.69. The lowest BCUT2D eigenvalue weighted by molar-refractivity contribution is -0.139. The molecule has 0 saturated heterocycles. The van der Waals surface area contributed by atoms with Crippen molar-refractivity contribution >= 4 is 26.8 Å². The van der Waals surface area contributed by atoms with Gasteiger partial charge in [0.05, 0.1) is 5.52 Å². The molecule has 0 N–H and O–H groups in total. The largest absolute Gasteiger partial charge is 0.434 e. The Morgan fingerprint density at radius 2 is 1.88 bits per heavy atom. The zero-order valence-electron chi connectivity index (χ0n) is 8.14. The summed E-state index contributed by atoms with van der Waals surface area (Å²) >= 11 is 3.17. The average Bonchev–Trinajstić information content (AvgIpc) is 2.17. The summed E-state index contributed by atoms with van der Waals surface area (Å²) in [7, 11) is 0. The van der Waals surface area contributed by atoms with E-state index in [2.05, 4.69) is 25.9 Å². The molecule has 2 nitrogen and oxygen atoms in total. The maximum absolute atomic E-state index is 12.7. The van der Waals surface area contributed by atoms with Crippen molar-refractivity contribution in [3.8, 4) is 0 Å². The van der Waals surface area contributed by atoms with E-state index >= 15 is 0 Å². The Bertz CT molecular complexity index is 551. The summed E-state index contributed by atoms with van der Waals surface area (Å²) in [6.45, 7) is 1.44. The fraction of sp³-hybridized carbons (Fsp3) is 0.200. The minimum atomic E-state index is -4.47. The summed E-state index contributed by atoms with van der Waals surface area (Å²) < 4.78 is 38.7. The van der Waals surface area contributed by atoms with Gasteiger partial charge in [0.2, 0.25) is 0 Å². The molecule has 1 aromatic heterocycles. The van der Waals surface area contributed by atoms with Crippen LogP contribution in [0.2, 0.25) is 0 Å². The van der Waals surface area contributed by atoms with Crippen LogP contribution < -0.4 is 0 Å². The Kier molecular flexibility index (Phi) is 2.61. The van der Waals surface area contributed by atoms with Crippen molar-refractivity contribution in [3.05, 3.63) is 34.2 Å². The molecule has 0 aliphatic heterocycles. The lowest BCUT2D eigenvalue weighted by atomic mass is 10.2. The minimum Gasteiger partial charge on any atom is -0.232 e. The van der Waals surface area contributed by atoms with E-state index in [1.54, 1.807) is 6.07 Å². The van der Waals surface area contributed by atoms with Gasteiger partial charge in [0, 0.05) is 9.86 Å². The fourth-order valence-corrected chi connectivity index (χ4v) is 1.90. The van der Waals surface area contributed by atoms with Crippen LogP contribution in [0.25, 0.3) is 10.9 Å². The van der Waals surface area contributed by atoms with E-state index in [0.717, 1.165) is 0 Å². The lowest BCUT2D eigenvalue weighted by Gasteiger charge is -2.10. The van der Waals surface area contributed by atoms with Crippen molar-refractivity contribution in [1.82, 2.24) is 9.97 Å². The van der Waals surface area contributed by atoms with E-state index in [9.17, 15) is 13.2 Å². The highest BCUT2D eigenvalue weighted by atomic mass is 79.9. The Balaban J connectivity index is 2.89. The number of benzene rings is 1. The molecule has 6 heteroatoms. The van der Waals surface area contributed by atoms with Crippen LogP contribution in [0.1, 0.15) is 11.5 Å². The monoisotopic (exact) mass is 290 g/mol. The first-order valence-electron chi connectivity index (χ1n) is 4.39. The van der Waals surface area contributed by atoms with Crippen LogP contribution in [-0.4, -0.2) is 9.97 Å². The van der Waals surface area contributed by atoms with E-state index in [0.29, 0.717) is 4.47 Å². The topological polar surface area (TPSA) is 25.8 Å². The number of hydrogen-bond donors (Lipinski definition) is 0. The second-order valence-electron chi connectivity index (χ2n) is 3.25. The molecule has 84 valence electrons. The van der Waals surface area contributed by atoms with Gasteiger partial charge in [-0.1, -0.05) is 12.1 Å². The number of aryl methyl sites for hydroxylation is 1. The first-order chi connectivity index (χ1) is 7.39. The Labute approximate surface area is 97.6 Å². The standard InChI is InChI=1S/C10H6BrF3N2/c1-5-15-8-6(3-2-4-7(8)11)9(16-5)10(12,13)14/h2-4H,1H3. The van der Waals surface area contributed by atoms with E-state index in [1.807, 2.05) is 0 Å². The Morgan fingerprint density at radius 3 is 2.50 bits per heavy atom. The van der Waals surface area contributed by atoms with Crippen molar-refractivity contribution in [2.24, 2.45) is 0 Å². The van der Waals surface area contributed by atoms with Crippen LogP contribution in [0.5, 0.6) is 0 Å². The zero-order valence-corrected chi connectivity index (χ0v) is 9.72. The highest BCUT2D eigenvalue weighted by Crippen LogP contribution is 2.34. The number of hydrogen-bond acceptors (Lipinski definition) is 2. The predicted octanol–water partition coefficient (Wildman–Crippen LogP) is 3.72. The van der Waals surface area contributed by atoms with Gasteiger partial charge in [-0.15, -0.1) is 0 Å². The fourth-order valence-electron chi connectivity index (χ4n) is 1.44. The second-order valence-corrected chi connectivity index (χ2v) is 4.11. The van der Waals surface area contributed by atoms with Crippen LogP contribution in [0.15, 0.2) is 22.7 Å². The molecule has 16 heavy (non-hydrogen) atoms. The third-order valence-corrected chi connectivity index (χ3v) is 2.70. The summed E-state index contributed by atoms with van der Waals surface area (Å²) in [6.07, 6.45) is -4.47. The Hall–Kier alpha value is -1.17. The lowest BCUT2D eigenvalue weighted by Crippen LogP contribution is -2.11. The SMILES string of the molecule is Cc1nc(C(F)(F)F)c2cccc(Br)c2n1. The smallest absolute Gasteiger partial charge is 0.232 e. The first-order valence-corrected chi connectivity index (χ1v) is 5.19. The van der Waals surface area contributed by atoms with Gasteiger partial charge in [-0.05, 0) is 28.9 Å². The number of para-hydroxylation sites is 1. The van der Waals surface area contributed by atoms with E-state index < -0.39 is 11.9 Å². The molecule has 2 aromatic rings. The molecule has 0 radical (unpaired) electrons. The first kappa shape index (κ1) is 11.3. The number of fused-ring (bicyclic) bond motifs is 1. The van der Waals surface area contributed by atoms with Crippen LogP contribution in [0.3, 0.4) is 0 Å². The quantitative estimate of drug-likeness (QED) is 0.739. The molecular weight excluding hydrogens is 285 g/mol. The molecule has 0 atom stereocenters. The summed E-state index contributed by atoms with van der Waals surface area (Å²) in [6, 6.07) is 4.54. The third kappa shape index (κ3) is 1.89. The number of alkyl halides is 3. The van der Waals surface area contributed by atoms with Crippen LogP contribution in [0, 0.1) is 6.92 Å². The average molecular weight is 291 g/mol. The van der Waals surface area contributed by atoms with E-state index in [-0.39, 0.29) is 16.7 Å². The summed E-state index contributed by atoms with van der Waals surface area (Å²) in [4.78, 5) is 7.45. The molecule has 1 heterocycles. The normalized spacial score (nSPS) is 12.1. The van der Waals surface area contributed by atoms with Gasteiger partial charge in [0.25, 0.3) is 0 Å². The Morgan fingerprint density at radius 1 is 1.19 bits per heavy atom. The molecular formula is C10H6BrF3N2. The number of halogens is 4. The highest BCUT2D eigenvalue weighted by molar-refractivity contribution is 9.10. The van der Waals surface area contributed by atoms with Gasteiger partial charge >= 0.3 is 6.18 Å². The molecule has 2 rings (SSSR count). The molecule has 0 saturated carbocycles. The predicted molar refractivity (Wildman–Crippen MR) is 57.0 cm³/mol. The third-order valence-electron chi connectivity index (χ3n) is 2.06. The summed E-state index contributed by atoms with van der Waals surface area (Å²) in [5, 5.41) is 0.00692. The highest BCUT2D eigenvalue weighted by Gasteiger charge is 2.35. The van der Waals surface area contributed by atoms with Gasteiger partial charge < -0.3 is 0 Å². The van der Waals surface area contributed by atoms with Crippen molar-refractivity contribution in [2.45, 2.75) is 13.1 Å². The summed E-state index contributed by atoms with van der Waals surface area (Å²) in [5.41, 5.74) is -0.612. The molecule has 0 amide bonds. The van der Waals surface area contributed by atoms with Gasteiger partial charge in [0.1, 0.15) is 5.82 Å². The van der Waals surface area contributed by atoms with Crippen LogP contribution in [0.4, 0.5) is 13.2 Å². The van der Waals surface area contributed by atoms with Gasteiger partial charge in [-0.25, -0.2) is 9.97 Å². The van der Waals surface area contributed by atoms with Crippen molar-refractivity contribution in [3.63, 3.8) is 0 Å². The van der Waals surface area contributed by atoms with E-state index in [4.69, 9.17) is 0 Å². The van der Waals surface area contributed by atoms with Gasteiger partial charge in [-0.3, -0.25) is 0 Å². The maximum Gasteiger partial charge on any atom is 0.434 e. The van der Waals surface area contributed by atoms with Crippen molar-refractivity contribution in [1.29, 1.82) is 0 Å². The van der Waals surface area contributed by atoms with Crippen LogP contribution >= 0.6 is 15.9 Å². The zero-order chi connectivity index (χ0) is 11.9. The molecule has 0 spiro atoms. The molecule has 1 aromatic carbocycles. The summed E-state index contributed by atoms with van der Waals surface area (Å²) in [5.74, 6) is 0.103. The minimum absolute atomic E-state index is 0.00692. The number of aromatic nitrogens is 2. The van der Waals surface area contributed by atoms with Crippen molar-refractivity contribution in [2.75, 3.05) is 0 Å². The van der Waals surface area contributed by atoms with Crippen molar-refractivity contribution < 1.29 is 13.2 Å². The van der Waals surface area contributed by atoms with Crippen LogP contribution in [-0.2, 0) is 6.18 Å². The van der Waals surface area contributed by atoms with Gasteiger partial charge in [0.15, 0.2) is 5.69 Å². The molecule has 0 bridgehead atoms. The maximum atomic E-state index is 12.7. The molecule has 0 fully saturated rings. The molecule has 0 aliphatic carbocycles. The number of rotatable bonds is 0.